The lowest BCUT2D eigenvalue weighted by Crippen LogP contribution is -2.29. The second-order valence-electron chi connectivity index (χ2n) is 6.53. The molecule has 2 N–H and O–H groups in total. The summed E-state index contributed by atoms with van der Waals surface area (Å²) in [6.45, 7) is -0.175. The van der Waals surface area contributed by atoms with Crippen LogP contribution in [0.2, 0.25) is 0 Å². The number of thiazole rings is 1. The van der Waals surface area contributed by atoms with Gasteiger partial charge in [-0.15, -0.1) is 11.3 Å². The van der Waals surface area contributed by atoms with Crippen LogP contribution in [0.5, 0.6) is 0 Å². The van der Waals surface area contributed by atoms with Crippen molar-refractivity contribution < 1.29 is 4.79 Å². The first-order chi connectivity index (χ1) is 14.2. The van der Waals surface area contributed by atoms with Gasteiger partial charge in [0.2, 0.25) is 5.91 Å². The molecule has 0 unspecified atom stereocenters. The molecule has 0 spiro atoms. The molecule has 3 aromatic heterocycles. The fraction of sp³-hybridized carbons (Fsp3) is 0.0476. The van der Waals surface area contributed by atoms with Crippen LogP contribution in [0.15, 0.2) is 71.1 Å². The Kier molecular flexibility index (Phi) is 4.18. The zero-order chi connectivity index (χ0) is 19.8. The average molecular weight is 401 g/mol. The summed E-state index contributed by atoms with van der Waals surface area (Å²) in [5.74, 6) is -0.352. The van der Waals surface area contributed by atoms with E-state index in [1.807, 2.05) is 48.0 Å². The second kappa shape index (κ2) is 6.99. The van der Waals surface area contributed by atoms with E-state index >= 15 is 0 Å². The van der Waals surface area contributed by atoms with E-state index in [4.69, 9.17) is 0 Å². The van der Waals surface area contributed by atoms with Crippen LogP contribution >= 0.6 is 11.3 Å². The fourth-order valence-corrected chi connectivity index (χ4v) is 4.00. The van der Waals surface area contributed by atoms with Gasteiger partial charge in [-0.3, -0.25) is 9.59 Å². The number of benzene rings is 2. The van der Waals surface area contributed by atoms with Gasteiger partial charge in [0, 0.05) is 33.4 Å². The monoisotopic (exact) mass is 401 g/mol. The molecule has 3 heterocycles. The minimum atomic E-state index is -0.352. The molecule has 7 nitrogen and oxygen atoms in total. The second-order valence-corrected chi connectivity index (χ2v) is 7.39. The highest BCUT2D eigenvalue weighted by atomic mass is 32.1. The van der Waals surface area contributed by atoms with E-state index in [1.54, 1.807) is 18.3 Å². The number of nitrogens with one attached hydrogen (secondary N) is 2. The van der Waals surface area contributed by atoms with Crippen molar-refractivity contribution in [2.24, 2.45) is 0 Å². The average Bonchev–Trinajstić information content (AvgIpc) is 3.37. The number of fused-ring (bicyclic) bond motifs is 2. The third-order valence-corrected chi connectivity index (χ3v) is 5.43. The van der Waals surface area contributed by atoms with E-state index in [0.29, 0.717) is 10.5 Å². The molecule has 0 aliphatic heterocycles. The smallest absolute Gasteiger partial charge is 0.275 e. The van der Waals surface area contributed by atoms with Gasteiger partial charge in [-0.25, -0.2) is 9.67 Å². The zero-order valence-electron chi connectivity index (χ0n) is 15.1. The van der Waals surface area contributed by atoms with Gasteiger partial charge in [0.05, 0.1) is 17.3 Å². The zero-order valence-corrected chi connectivity index (χ0v) is 15.9. The summed E-state index contributed by atoms with van der Waals surface area (Å²) < 4.78 is 1.16. The predicted molar refractivity (Wildman–Crippen MR) is 114 cm³/mol. The molecule has 0 bridgehead atoms. The van der Waals surface area contributed by atoms with Crippen molar-refractivity contribution in [3.63, 3.8) is 0 Å². The first kappa shape index (κ1) is 17.3. The summed E-state index contributed by atoms with van der Waals surface area (Å²) in [4.78, 5) is 32.7. The summed E-state index contributed by atoms with van der Waals surface area (Å²) in [7, 11) is 0. The molecule has 29 heavy (non-hydrogen) atoms. The van der Waals surface area contributed by atoms with E-state index in [2.05, 4.69) is 20.4 Å². The maximum absolute atomic E-state index is 12.5. The van der Waals surface area contributed by atoms with E-state index in [-0.39, 0.29) is 18.0 Å². The van der Waals surface area contributed by atoms with Crippen LogP contribution < -0.4 is 10.9 Å². The molecule has 0 saturated carbocycles. The lowest BCUT2D eigenvalue weighted by molar-refractivity contribution is -0.117. The molecule has 0 fully saturated rings. The van der Waals surface area contributed by atoms with Gasteiger partial charge in [-0.2, -0.15) is 5.10 Å². The molecule has 142 valence electrons. The molecule has 5 aromatic rings. The van der Waals surface area contributed by atoms with Crippen LogP contribution in [0.25, 0.3) is 32.9 Å². The molecule has 2 aromatic carbocycles. The standard InChI is InChI=1S/C21H15N5O2S/c27-19(11-26-20(28)14-6-2-1-5-13(14)9-23-26)25-21-24-18(12-29-21)16-10-22-17-8-4-3-7-15(16)17/h1-10,12,22H,11H2,(H,24,25,27). The Morgan fingerprint density at radius 1 is 1.10 bits per heavy atom. The molecule has 8 heteroatoms. The summed E-state index contributed by atoms with van der Waals surface area (Å²) in [5.41, 5.74) is 2.49. The van der Waals surface area contributed by atoms with Crippen LogP contribution in [-0.4, -0.2) is 25.7 Å². The van der Waals surface area contributed by atoms with Crippen molar-refractivity contribution >= 4 is 44.1 Å². The van der Waals surface area contributed by atoms with Gasteiger partial charge in [-0.1, -0.05) is 36.4 Å². The Hall–Kier alpha value is -3.78. The number of carbonyl (C=O) groups excluding carboxylic acids is 1. The largest absolute Gasteiger partial charge is 0.360 e. The number of H-pyrrole nitrogens is 1. The van der Waals surface area contributed by atoms with Gasteiger partial charge in [0.1, 0.15) is 6.54 Å². The van der Waals surface area contributed by atoms with E-state index in [0.717, 1.165) is 32.2 Å². The van der Waals surface area contributed by atoms with Crippen molar-refractivity contribution in [3.8, 4) is 11.3 Å². The number of nitrogens with zero attached hydrogens (tertiary/aromatic N) is 3. The van der Waals surface area contributed by atoms with Crippen molar-refractivity contribution in [3.05, 3.63) is 76.7 Å². The lowest BCUT2D eigenvalue weighted by Gasteiger charge is -2.05. The first-order valence-corrected chi connectivity index (χ1v) is 9.84. The SMILES string of the molecule is O=C(Cn1ncc2ccccc2c1=O)Nc1nc(-c2c[nH]c3ccccc23)cs1. The van der Waals surface area contributed by atoms with Crippen LogP contribution in [0, 0.1) is 0 Å². The topological polar surface area (TPSA) is 92.7 Å². The number of rotatable bonds is 4. The molecule has 1 amide bonds. The highest BCUT2D eigenvalue weighted by molar-refractivity contribution is 7.14. The Labute approximate surface area is 168 Å². The summed E-state index contributed by atoms with van der Waals surface area (Å²) >= 11 is 1.34. The number of carbonyl (C=O) groups is 1. The number of amides is 1. The van der Waals surface area contributed by atoms with Crippen LogP contribution in [0.3, 0.4) is 0 Å². The Morgan fingerprint density at radius 2 is 1.90 bits per heavy atom. The Morgan fingerprint density at radius 3 is 2.79 bits per heavy atom. The molecule has 5 rings (SSSR count). The summed E-state index contributed by atoms with van der Waals surface area (Å²) in [5, 5.41) is 11.6. The lowest BCUT2D eigenvalue weighted by atomic mass is 10.1. The normalized spacial score (nSPS) is 11.2. The van der Waals surface area contributed by atoms with Crippen molar-refractivity contribution in [2.45, 2.75) is 6.54 Å². The van der Waals surface area contributed by atoms with E-state index in [9.17, 15) is 9.59 Å². The van der Waals surface area contributed by atoms with Gasteiger partial charge >= 0.3 is 0 Å². The third kappa shape index (κ3) is 3.19. The van der Waals surface area contributed by atoms with E-state index in [1.165, 1.54) is 11.3 Å². The summed E-state index contributed by atoms with van der Waals surface area (Å²) in [6, 6.07) is 15.1. The molecule has 0 aliphatic rings. The fourth-order valence-electron chi connectivity index (χ4n) is 3.27. The molecule has 0 aliphatic carbocycles. The highest BCUT2D eigenvalue weighted by Gasteiger charge is 2.13. The maximum Gasteiger partial charge on any atom is 0.275 e. The van der Waals surface area contributed by atoms with Crippen molar-refractivity contribution in [1.29, 1.82) is 0 Å². The van der Waals surface area contributed by atoms with Crippen LogP contribution in [-0.2, 0) is 11.3 Å². The van der Waals surface area contributed by atoms with Gasteiger partial charge < -0.3 is 10.3 Å². The number of aromatic amines is 1. The highest BCUT2D eigenvalue weighted by Crippen LogP contribution is 2.30. The number of hydrogen-bond donors (Lipinski definition) is 2. The minimum Gasteiger partial charge on any atom is -0.360 e. The van der Waals surface area contributed by atoms with Crippen LogP contribution in [0.1, 0.15) is 0 Å². The van der Waals surface area contributed by atoms with Gasteiger partial charge in [0.15, 0.2) is 5.13 Å². The Balaban J connectivity index is 1.36. The summed E-state index contributed by atoms with van der Waals surface area (Å²) in [6.07, 6.45) is 3.49. The predicted octanol–water partition coefficient (Wildman–Crippen LogP) is 3.64. The Bertz CT molecular complexity index is 1420. The molecular formula is C21H15N5O2S. The molecular weight excluding hydrogens is 386 g/mol. The van der Waals surface area contributed by atoms with Gasteiger partial charge in [-0.05, 0) is 12.1 Å². The van der Waals surface area contributed by atoms with Crippen molar-refractivity contribution in [2.75, 3.05) is 5.32 Å². The minimum absolute atomic E-state index is 0.175. The molecule has 0 saturated heterocycles. The maximum atomic E-state index is 12.5. The number of para-hydroxylation sites is 1. The van der Waals surface area contributed by atoms with Crippen LogP contribution in [0.4, 0.5) is 5.13 Å². The first-order valence-electron chi connectivity index (χ1n) is 8.96. The molecule has 0 radical (unpaired) electrons. The molecule has 0 atom stereocenters. The van der Waals surface area contributed by atoms with Crippen molar-refractivity contribution in [1.82, 2.24) is 19.7 Å². The number of hydrogen-bond acceptors (Lipinski definition) is 5. The van der Waals surface area contributed by atoms with Gasteiger partial charge in [0.25, 0.3) is 5.56 Å². The third-order valence-electron chi connectivity index (χ3n) is 4.67. The van der Waals surface area contributed by atoms with E-state index < -0.39 is 0 Å². The number of aromatic nitrogens is 4. The quantitative estimate of drug-likeness (QED) is 0.481. The number of anilines is 1.